The van der Waals surface area contributed by atoms with E-state index in [-0.39, 0.29) is 0 Å². The van der Waals surface area contributed by atoms with Crippen LogP contribution in [0.5, 0.6) is 11.5 Å². The largest absolute Gasteiger partial charge is 0.496 e. The first-order valence-electron chi connectivity index (χ1n) is 17.8. The molecular weight excluding hydrogens is 649 g/mol. The minimum Gasteiger partial charge on any atom is -0.496 e. The molecule has 0 atom stereocenters. The second kappa shape index (κ2) is 13.4. The number of hydrogen-bond donors (Lipinski definition) is 0. The third-order valence-corrected chi connectivity index (χ3v) is 10.5. The molecule has 0 N–H and O–H groups in total. The highest BCUT2D eigenvalue weighted by Gasteiger charge is 2.45. The van der Waals surface area contributed by atoms with Crippen LogP contribution < -0.4 is 9.47 Å². The quantitative estimate of drug-likeness (QED) is 0.150. The summed E-state index contributed by atoms with van der Waals surface area (Å²) in [6.45, 7) is 0. The second-order valence-corrected chi connectivity index (χ2v) is 13.3. The van der Waals surface area contributed by atoms with Crippen molar-refractivity contribution in [2.45, 2.75) is 5.41 Å². The average molecular weight is 685 g/mol. The lowest BCUT2D eigenvalue weighted by molar-refractivity contribution is 0.419. The maximum atomic E-state index is 5.61. The molecule has 53 heavy (non-hydrogen) atoms. The number of fused-ring (bicyclic) bond motifs is 5. The molecule has 0 fully saturated rings. The Morgan fingerprint density at radius 3 is 1.19 bits per heavy atom. The number of benzene rings is 8. The van der Waals surface area contributed by atoms with Crippen molar-refractivity contribution in [2.75, 3.05) is 14.2 Å². The highest BCUT2D eigenvalue weighted by Crippen LogP contribution is 2.56. The molecule has 0 unspecified atom stereocenters. The minimum absolute atomic E-state index is 0.518. The van der Waals surface area contributed by atoms with Crippen LogP contribution in [-0.2, 0) is 5.41 Å². The lowest BCUT2D eigenvalue weighted by Crippen LogP contribution is -2.28. The molecule has 0 saturated heterocycles. The number of methoxy groups -OCH3 is 2. The van der Waals surface area contributed by atoms with E-state index in [1.165, 1.54) is 33.4 Å². The Balaban J connectivity index is 1.11. The zero-order chi connectivity index (χ0) is 35.8. The third-order valence-electron chi connectivity index (χ3n) is 10.5. The Kier molecular flexibility index (Phi) is 8.13. The standard InChI is InChI=1S/C49H36N2O2/c1-52-47-29-19-33(39-11-3-5-15-43(39)47)31-50-37-25-21-35(22-26-37)49(45-17-9-7-13-41(45)42-14-8-10-18-46(42)49)36-23-27-38(28-24-36)51-32-34-20-30-48(53-2)44-16-6-4-12-40(34)44/h3-32H,1-2H3. The molecule has 0 bridgehead atoms. The Morgan fingerprint density at radius 2 is 0.774 bits per heavy atom. The molecule has 0 spiro atoms. The third kappa shape index (κ3) is 5.39. The van der Waals surface area contributed by atoms with Gasteiger partial charge in [0.25, 0.3) is 0 Å². The summed E-state index contributed by atoms with van der Waals surface area (Å²) < 4.78 is 11.2. The van der Waals surface area contributed by atoms with Crippen LogP contribution in [0.2, 0.25) is 0 Å². The maximum Gasteiger partial charge on any atom is 0.126 e. The van der Waals surface area contributed by atoms with E-state index in [1.807, 2.05) is 48.8 Å². The fourth-order valence-corrected chi connectivity index (χ4v) is 8.08. The van der Waals surface area contributed by atoms with Gasteiger partial charge in [0.15, 0.2) is 0 Å². The first-order chi connectivity index (χ1) is 26.2. The van der Waals surface area contributed by atoms with Crippen LogP contribution in [0.15, 0.2) is 180 Å². The molecule has 8 aromatic carbocycles. The Labute approximate surface area is 309 Å². The van der Waals surface area contributed by atoms with Crippen LogP contribution in [0.25, 0.3) is 32.7 Å². The summed E-state index contributed by atoms with van der Waals surface area (Å²) in [4.78, 5) is 9.86. The molecule has 9 rings (SSSR count). The van der Waals surface area contributed by atoms with E-state index >= 15 is 0 Å². The molecule has 1 aliphatic carbocycles. The predicted octanol–water partition coefficient (Wildman–Crippen LogP) is 11.9. The molecular formula is C49H36N2O2. The van der Waals surface area contributed by atoms with Crippen LogP contribution in [0.3, 0.4) is 0 Å². The average Bonchev–Trinajstić information content (AvgIpc) is 3.53. The zero-order valence-electron chi connectivity index (χ0n) is 29.5. The van der Waals surface area contributed by atoms with Gasteiger partial charge in [0.1, 0.15) is 11.5 Å². The SMILES string of the molecule is COc1ccc(C=Nc2ccc(C3(c4ccc(N=Cc5ccc(OC)c6ccccc56)cc4)c4ccccc4-c4ccccc43)cc2)c2ccccc12. The number of ether oxygens (including phenoxy) is 2. The van der Waals surface area contributed by atoms with E-state index in [9.17, 15) is 0 Å². The topological polar surface area (TPSA) is 43.2 Å². The monoisotopic (exact) mass is 684 g/mol. The molecule has 4 heteroatoms. The molecule has 4 nitrogen and oxygen atoms in total. The molecule has 0 amide bonds. The summed E-state index contributed by atoms with van der Waals surface area (Å²) >= 11 is 0. The van der Waals surface area contributed by atoms with E-state index in [0.717, 1.165) is 55.5 Å². The van der Waals surface area contributed by atoms with Crippen LogP contribution in [0.4, 0.5) is 11.4 Å². The minimum atomic E-state index is -0.518. The van der Waals surface area contributed by atoms with Gasteiger partial charge in [-0.05, 0) is 92.7 Å². The van der Waals surface area contributed by atoms with Crippen molar-refractivity contribution in [3.05, 3.63) is 203 Å². The summed E-state index contributed by atoms with van der Waals surface area (Å²) in [5.74, 6) is 1.71. The van der Waals surface area contributed by atoms with Crippen LogP contribution >= 0.6 is 0 Å². The van der Waals surface area contributed by atoms with Gasteiger partial charge in [-0.3, -0.25) is 9.98 Å². The van der Waals surface area contributed by atoms with Gasteiger partial charge in [-0.2, -0.15) is 0 Å². The highest BCUT2D eigenvalue weighted by atomic mass is 16.5. The molecule has 0 aliphatic heterocycles. The predicted molar refractivity (Wildman–Crippen MR) is 219 cm³/mol. The lowest BCUT2D eigenvalue weighted by atomic mass is 9.67. The number of rotatable bonds is 8. The molecule has 254 valence electrons. The van der Waals surface area contributed by atoms with Gasteiger partial charge in [-0.25, -0.2) is 0 Å². The Bertz CT molecular complexity index is 2500. The van der Waals surface area contributed by atoms with Gasteiger partial charge in [0, 0.05) is 34.3 Å². The van der Waals surface area contributed by atoms with Gasteiger partial charge in [0.2, 0.25) is 0 Å². The van der Waals surface area contributed by atoms with Crippen molar-refractivity contribution in [1.82, 2.24) is 0 Å². The second-order valence-electron chi connectivity index (χ2n) is 13.3. The fourth-order valence-electron chi connectivity index (χ4n) is 8.08. The smallest absolute Gasteiger partial charge is 0.126 e. The van der Waals surface area contributed by atoms with Crippen molar-refractivity contribution in [1.29, 1.82) is 0 Å². The van der Waals surface area contributed by atoms with E-state index in [0.29, 0.717) is 0 Å². The number of aliphatic imine (C=N–C) groups is 2. The van der Waals surface area contributed by atoms with Crippen molar-refractivity contribution >= 4 is 45.3 Å². The zero-order valence-corrected chi connectivity index (χ0v) is 29.5. The summed E-state index contributed by atoms with van der Waals surface area (Å²) in [7, 11) is 3.41. The van der Waals surface area contributed by atoms with Crippen molar-refractivity contribution in [3.8, 4) is 22.6 Å². The lowest BCUT2D eigenvalue weighted by Gasteiger charge is -2.34. The van der Waals surface area contributed by atoms with Gasteiger partial charge in [-0.15, -0.1) is 0 Å². The molecule has 1 aliphatic rings. The van der Waals surface area contributed by atoms with Crippen molar-refractivity contribution in [3.63, 3.8) is 0 Å². The number of hydrogen-bond acceptors (Lipinski definition) is 4. The van der Waals surface area contributed by atoms with E-state index in [1.54, 1.807) is 14.2 Å². The van der Waals surface area contributed by atoms with Crippen LogP contribution in [0, 0.1) is 0 Å². The van der Waals surface area contributed by atoms with Crippen LogP contribution in [0.1, 0.15) is 33.4 Å². The first kappa shape index (κ1) is 32.1. The van der Waals surface area contributed by atoms with Crippen molar-refractivity contribution in [2.24, 2.45) is 9.98 Å². The molecule has 0 aromatic heterocycles. The summed E-state index contributed by atoms with van der Waals surface area (Å²) in [6, 6.07) is 59.7. The fraction of sp³-hybridized carbons (Fsp3) is 0.0612. The van der Waals surface area contributed by atoms with Gasteiger partial charge in [-0.1, -0.05) is 121 Å². The summed E-state index contributed by atoms with van der Waals surface area (Å²) in [5, 5.41) is 4.35. The van der Waals surface area contributed by atoms with E-state index in [4.69, 9.17) is 19.5 Å². The summed E-state index contributed by atoms with van der Waals surface area (Å²) in [5.41, 5.74) is 10.8. The van der Waals surface area contributed by atoms with E-state index in [2.05, 4.69) is 133 Å². The van der Waals surface area contributed by atoms with Gasteiger partial charge < -0.3 is 9.47 Å². The Morgan fingerprint density at radius 1 is 0.396 bits per heavy atom. The molecule has 0 radical (unpaired) electrons. The van der Waals surface area contributed by atoms with Crippen molar-refractivity contribution < 1.29 is 9.47 Å². The summed E-state index contributed by atoms with van der Waals surface area (Å²) in [6.07, 6.45) is 3.89. The highest BCUT2D eigenvalue weighted by molar-refractivity contribution is 6.04. The molecule has 0 saturated carbocycles. The first-order valence-corrected chi connectivity index (χ1v) is 17.8. The van der Waals surface area contributed by atoms with Gasteiger partial charge >= 0.3 is 0 Å². The van der Waals surface area contributed by atoms with Gasteiger partial charge in [0.05, 0.1) is 31.0 Å². The normalized spacial score (nSPS) is 13.1. The molecule has 0 heterocycles. The number of nitrogens with zero attached hydrogens (tertiary/aromatic N) is 2. The molecule has 8 aromatic rings. The maximum absolute atomic E-state index is 5.61. The van der Waals surface area contributed by atoms with E-state index < -0.39 is 5.41 Å². The van der Waals surface area contributed by atoms with Crippen LogP contribution in [-0.4, -0.2) is 26.6 Å². The Hall–Kier alpha value is -6.78.